The molecule has 0 saturated heterocycles. The van der Waals surface area contributed by atoms with E-state index in [0.29, 0.717) is 29.2 Å². The van der Waals surface area contributed by atoms with Gasteiger partial charge in [-0.05, 0) is 36.3 Å². The van der Waals surface area contributed by atoms with Crippen molar-refractivity contribution in [1.82, 2.24) is 20.1 Å². The van der Waals surface area contributed by atoms with Gasteiger partial charge in [-0.25, -0.2) is 4.79 Å². The number of pyridine rings is 1. The molecule has 190 valence electrons. The molecule has 0 spiro atoms. The number of aromatic nitrogens is 3. The number of alkyl halides is 3. The fourth-order valence-corrected chi connectivity index (χ4v) is 4.02. The van der Waals surface area contributed by atoms with E-state index >= 15 is 0 Å². The molecule has 1 aromatic carbocycles. The zero-order valence-corrected chi connectivity index (χ0v) is 19.8. The van der Waals surface area contributed by atoms with Gasteiger partial charge in [0.15, 0.2) is 6.10 Å². The number of halogens is 5. The average Bonchev–Trinajstić information content (AvgIpc) is 3.33. The second-order valence-electron chi connectivity index (χ2n) is 7.75. The second-order valence-corrected chi connectivity index (χ2v) is 8.56. The SMILES string of the molecule is O=C(Nc1ccc(C(F)(F)F)c(Cl)c1)N1CC=C(c2ncc(-c3nnc([C@@H](O)CO)o3)cc2Cl)CC1. The Kier molecular flexibility index (Phi) is 7.50. The summed E-state index contributed by atoms with van der Waals surface area (Å²) >= 11 is 12.1. The van der Waals surface area contributed by atoms with Gasteiger partial charge in [0.2, 0.25) is 11.8 Å². The van der Waals surface area contributed by atoms with E-state index in [1.165, 1.54) is 11.1 Å². The summed E-state index contributed by atoms with van der Waals surface area (Å²) in [6, 6.07) is 4.08. The summed E-state index contributed by atoms with van der Waals surface area (Å²) < 4.78 is 43.9. The molecule has 3 aromatic rings. The van der Waals surface area contributed by atoms with Gasteiger partial charge in [0, 0.05) is 25.0 Å². The summed E-state index contributed by atoms with van der Waals surface area (Å²) in [6.45, 7) is -0.0277. The summed E-state index contributed by atoms with van der Waals surface area (Å²) in [5, 5.41) is 28.4. The number of hydrogen-bond donors (Lipinski definition) is 3. The van der Waals surface area contributed by atoms with Crippen LogP contribution in [-0.4, -0.2) is 56.0 Å². The molecule has 0 bridgehead atoms. The number of aliphatic hydroxyl groups excluding tert-OH is 2. The maximum Gasteiger partial charge on any atom is 0.417 e. The van der Waals surface area contributed by atoms with Crippen LogP contribution in [0.25, 0.3) is 17.0 Å². The van der Waals surface area contributed by atoms with E-state index in [-0.39, 0.29) is 24.0 Å². The Labute approximate surface area is 212 Å². The predicted molar refractivity (Wildman–Crippen MR) is 124 cm³/mol. The Bertz CT molecular complexity index is 1320. The minimum atomic E-state index is -4.59. The lowest BCUT2D eigenvalue weighted by molar-refractivity contribution is -0.137. The molecule has 1 aliphatic rings. The Hall–Kier alpha value is -3.19. The van der Waals surface area contributed by atoms with Gasteiger partial charge in [0.25, 0.3) is 0 Å². The number of nitrogens with one attached hydrogen (secondary N) is 1. The number of nitrogens with zero attached hydrogens (tertiary/aromatic N) is 4. The van der Waals surface area contributed by atoms with Gasteiger partial charge in [-0.15, -0.1) is 10.2 Å². The maximum absolute atomic E-state index is 12.9. The molecule has 3 heterocycles. The van der Waals surface area contributed by atoms with Gasteiger partial charge >= 0.3 is 12.2 Å². The molecule has 0 saturated carbocycles. The number of rotatable bonds is 5. The van der Waals surface area contributed by atoms with Crippen LogP contribution in [0.4, 0.5) is 23.7 Å². The summed E-state index contributed by atoms with van der Waals surface area (Å²) in [5.41, 5.74) is 0.884. The highest BCUT2D eigenvalue weighted by molar-refractivity contribution is 6.32. The van der Waals surface area contributed by atoms with Gasteiger partial charge in [-0.3, -0.25) is 4.98 Å². The third-order valence-corrected chi connectivity index (χ3v) is 5.91. The predicted octanol–water partition coefficient (Wildman–Crippen LogP) is 4.80. The van der Waals surface area contributed by atoms with Crippen molar-refractivity contribution in [1.29, 1.82) is 0 Å². The van der Waals surface area contributed by atoms with Crippen molar-refractivity contribution in [3.63, 3.8) is 0 Å². The highest BCUT2D eigenvalue weighted by Crippen LogP contribution is 2.36. The molecule has 0 aliphatic carbocycles. The summed E-state index contributed by atoms with van der Waals surface area (Å²) in [4.78, 5) is 18.4. The first-order valence-electron chi connectivity index (χ1n) is 10.5. The number of hydrogen-bond acceptors (Lipinski definition) is 7. The number of amides is 2. The first-order chi connectivity index (χ1) is 17.1. The zero-order valence-electron chi connectivity index (χ0n) is 18.3. The van der Waals surface area contributed by atoms with E-state index in [9.17, 15) is 23.1 Å². The van der Waals surface area contributed by atoms with Crippen molar-refractivity contribution in [3.8, 4) is 11.5 Å². The monoisotopic (exact) mass is 543 g/mol. The molecule has 0 radical (unpaired) electrons. The average molecular weight is 544 g/mol. The summed E-state index contributed by atoms with van der Waals surface area (Å²) in [5.74, 6) is -0.0677. The van der Waals surface area contributed by atoms with Gasteiger partial charge in [0.05, 0.1) is 33.5 Å². The fourth-order valence-electron chi connectivity index (χ4n) is 3.45. The van der Waals surface area contributed by atoms with E-state index in [1.54, 1.807) is 12.1 Å². The molecule has 3 N–H and O–H groups in total. The molecule has 14 heteroatoms. The maximum atomic E-state index is 12.9. The van der Waals surface area contributed by atoms with Crippen molar-refractivity contribution >= 4 is 40.5 Å². The van der Waals surface area contributed by atoms with Crippen LogP contribution in [0.15, 0.2) is 41.0 Å². The minimum Gasteiger partial charge on any atom is -0.418 e. The highest BCUT2D eigenvalue weighted by Gasteiger charge is 2.33. The number of urea groups is 1. The van der Waals surface area contributed by atoms with Crippen molar-refractivity contribution < 1.29 is 32.6 Å². The second kappa shape index (κ2) is 10.4. The minimum absolute atomic E-state index is 0.0716. The van der Waals surface area contributed by atoms with E-state index in [4.69, 9.17) is 32.7 Å². The molecule has 0 fully saturated rings. The van der Waals surface area contributed by atoms with Crippen LogP contribution in [0.2, 0.25) is 10.0 Å². The lowest BCUT2D eigenvalue weighted by Gasteiger charge is -2.27. The van der Waals surface area contributed by atoms with Gasteiger partial charge < -0.3 is 24.8 Å². The van der Waals surface area contributed by atoms with Crippen LogP contribution in [0.1, 0.15) is 29.7 Å². The normalized spacial score (nSPS) is 15.0. The fraction of sp³-hybridized carbons (Fsp3) is 0.273. The molecule has 1 atom stereocenters. The largest absolute Gasteiger partial charge is 0.418 e. The quantitative estimate of drug-likeness (QED) is 0.422. The highest BCUT2D eigenvalue weighted by atomic mass is 35.5. The first kappa shape index (κ1) is 25.9. The van der Waals surface area contributed by atoms with Crippen molar-refractivity contribution in [3.05, 3.63) is 63.7 Å². The number of benzene rings is 1. The lowest BCUT2D eigenvalue weighted by Crippen LogP contribution is -2.38. The molecule has 4 rings (SSSR count). The number of carbonyl (C=O) groups is 1. The molecule has 36 heavy (non-hydrogen) atoms. The summed E-state index contributed by atoms with van der Waals surface area (Å²) in [7, 11) is 0. The van der Waals surface area contributed by atoms with Crippen molar-refractivity contribution in [2.24, 2.45) is 0 Å². The molecule has 9 nitrogen and oxygen atoms in total. The zero-order chi connectivity index (χ0) is 26.0. The first-order valence-corrected chi connectivity index (χ1v) is 11.2. The van der Waals surface area contributed by atoms with Crippen LogP contribution in [0, 0.1) is 0 Å². The van der Waals surface area contributed by atoms with E-state index in [1.807, 2.05) is 0 Å². The van der Waals surface area contributed by atoms with Crippen LogP contribution in [0.3, 0.4) is 0 Å². The van der Waals surface area contributed by atoms with Crippen LogP contribution in [-0.2, 0) is 6.18 Å². The van der Waals surface area contributed by atoms with E-state index in [2.05, 4.69) is 20.5 Å². The standard InChI is InChI=1S/C22H18Cl2F3N5O4/c23-15-8-13(1-2-14(15)22(25,26)27)29-21(35)32-5-3-11(4-6-32)18-16(24)7-12(9-28-18)19-30-31-20(36-19)17(34)10-33/h1-3,7-9,17,33-34H,4-6,10H2,(H,29,35)/t17-/m0/s1. The molecule has 2 aromatic heterocycles. The Morgan fingerprint density at radius 2 is 2.00 bits per heavy atom. The van der Waals surface area contributed by atoms with Gasteiger partial charge in [-0.1, -0.05) is 29.3 Å². The smallest absolute Gasteiger partial charge is 0.417 e. The number of carbonyl (C=O) groups excluding carboxylic acids is 1. The summed E-state index contributed by atoms with van der Waals surface area (Å²) in [6.07, 6.45) is -2.20. The van der Waals surface area contributed by atoms with Crippen LogP contribution >= 0.6 is 23.2 Å². The molecule has 1 aliphatic heterocycles. The Balaban J connectivity index is 1.42. The third kappa shape index (κ3) is 5.62. The molecular formula is C22H18Cl2F3N5O4. The third-order valence-electron chi connectivity index (χ3n) is 5.31. The molecule has 0 unspecified atom stereocenters. The van der Waals surface area contributed by atoms with Gasteiger partial charge in [0.1, 0.15) is 0 Å². The van der Waals surface area contributed by atoms with Crippen LogP contribution < -0.4 is 5.32 Å². The van der Waals surface area contributed by atoms with Crippen LogP contribution in [0.5, 0.6) is 0 Å². The Morgan fingerprint density at radius 1 is 1.22 bits per heavy atom. The van der Waals surface area contributed by atoms with E-state index < -0.39 is 35.5 Å². The molecule has 2 amide bonds. The van der Waals surface area contributed by atoms with Crippen molar-refractivity contribution in [2.45, 2.75) is 18.7 Å². The van der Waals surface area contributed by atoms with Crippen molar-refractivity contribution in [2.75, 3.05) is 25.0 Å². The topological polar surface area (TPSA) is 125 Å². The number of aliphatic hydroxyl groups is 2. The molecular weight excluding hydrogens is 526 g/mol. The Morgan fingerprint density at radius 3 is 2.61 bits per heavy atom. The van der Waals surface area contributed by atoms with Gasteiger partial charge in [-0.2, -0.15) is 13.2 Å². The lowest BCUT2D eigenvalue weighted by atomic mass is 10.0. The number of anilines is 1. The van der Waals surface area contributed by atoms with E-state index in [0.717, 1.165) is 23.8 Å².